The largest absolute Gasteiger partial charge is 0.507 e. The fourth-order valence-corrected chi connectivity index (χ4v) is 2.06. The highest BCUT2D eigenvalue weighted by molar-refractivity contribution is 5.71. The van der Waals surface area contributed by atoms with Gasteiger partial charge in [0.1, 0.15) is 5.75 Å². The van der Waals surface area contributed by atoms with Gasteiger partial charge in [-0.2, -0.15) is 0 Å². The molecule has 1 heteroatoms. The molecule has 94 valence electrons. The molecule has 0 bridgehead atoms. The Kier molecular flexibility index (Phi) is 3.71. The Morgan fingerprint density at radius 2 is 1.72 bits per heavy atom. The van der Waals surface area contributed by atoms with Crippen molar-refractivity contribution in [1.82, 2.24) is 0 Å². The molecule has 0 aliphatic carbocycles. The number of phenols is 1. The van der Waals surface area contributed by atoms with E-state index in [-0.39, 0.29) is 0 Å². The molecular weight excluding hydrogens is 220 g/mol. The van der Waals surface area contributed by atoms with Crippen LogP contribution >= 0.6 is 0 Å². The lowest BCUT2D eigenvalue weighted by Crippen LogP contribution is -1.92. The van der Waals surface area contributed by atoms with E-state index < -0.39 is 0 Å². The summed E-state index contributed by atoms with van der Waals surface area (Å²) in [6.45, 7) is 6.47. The summed E-state index contributed by atoms with van der Waals surface area (Å²) >= 11 is 0. The van der Waals surface area contributed by atoms with Crippen molar-refractivity contribution in [3.63, 3.8) is 0 Å². The lowest BCUT2D eigenvalue weighted by Gasteiger charge is -2.12. The Labute approximate surface area is 109 Å². The molecule has 0 spiro atoms. The fourth-order valence-electron chi connectivity index (χ4n) is 2.06. The topological polar surface area (TPSA) is 20.2 Å². The molecule has 1 atom stereocenters. The molecule has 0 heterocycles. The van der Waals surface area contributed by atoms with Gasteiger partial charge >= 0.3 is 0 Å². The number of hydrogen-bond donors (Lipinski definition) is 1. The van der Waals surface area contributed by atoms with Crippen LogP contribution in [0.2, 0.25) is 0 Å². The fraction of sp³-hybridized carbons (Fsp3) is 0.294. The highest BCUT2D eigenvalue weighted by atomic mass is 16.3. The molecule has 2 aromatic carbocycles. The van der Waals surface area contributed by atoms with Crippen molar-refractivity contribution in [3.8, 4) is 16.9 Å². The van der Waals surface area contributed by atoms with Crippen molar-refractivity contribution >= 4 is 0 Å². The average Bonchev–Trinajstić information content (AvgIpc) is 2.39. The quantitative estimate of drug-likeness (QED) is 0.810. The molecule has 2 aromatic rings. The van der Waals surface area contributed by atoms with Crippen LogP contribution in [-0.4, -0.2) is 5.11 Å². The lowest BCUT2D eigenvalue weighted by molar-refractivity contribution is 0.477. The molecule has 2 rings (SSSR count). The molecular formula is C17H20O. The monoisotopic (exact) mass is 240 g/mol. The van der Waals surface area contributed by atoms with E-state index in [0.717, 1.165) is 17.5 Å². The zero-order valence-electron chi connectivity index (χ0n) is 11.3. The number of rotatable bonds is 3. The first-order valence-electron chi connectivity index (χ1n) is 6.51. The van der Waals surface area contributed by atoms with Crippen LogP contribution in [0, 0.1) is 6.92 Å². The normalized spacial score (nSPS) is 12.4. The smallest absolute Gasteiger partial charge is 0.123 e. The molecule has 18 heavy (non-hydrogen) atoms. The van der Waals surface area contributed by atoms with E-state index in [9.17, 15) is 5.11 Å². The van der Waals surface area contributed by atoms with E-state index in [0.29, 0.717) is 11.7 Å². The van der Waals surface area contributed by atoms with Crippen molar-refractivity contribution in [1.29, 1.82) is 0 Å². The minimum Gasteiger partial charge on any atom is -0.507 e. The minimum absolute atomic E-state index is 0.353. The first kappa shape index (κ1) is 12.7. The number of aromatic hydroxyl groups is 1. The minimum atomic E-state index is 0.353. The Hall–Kier alpha value is -1.76. The molecule has 0 aliphatic heterocycles. The van der Waals surface area contributed by atoms with Gasteiger partial charge in [0.2, 0.25) is 0 Å². The summed E-state index contributed by atoms with van der Waals surface area (Å²) in [5, 5.41) is 10.0. The van der Waals surface area contributed by atoms with E-state index in [2.05, 4.69) is 51.1 Å². The van der Waals surface area contributed by atoms with Crippen LogP contribution in [0.4, 0.5) is 0 Å². The van der Waals surface area contributed by atoms with Crippen molar-refractivity contribution in [3.05, 3.63) is 53.6 Å². The maximum Gasteiger partial charge on any atom is 0.123 e. The summed E-state index contributed by atoms with van der Waals surface area (Å²) < 4.78 is 0. The van der Waals surface area contributed by atoms with E-state index in [1.807, 2.05) is 6.07 Å². The zero-order chi connectivity index (χ0) is 13.1. The lowest BCUT2D eigenvalue weighted by atomic mass is 9.94. The third-order valence-electron chi connectivity index (χ3n) is 3.56. The van der Waals surface area contributed by atoms with Crippen LogP contribution in [0.5, 0.6) is 5.75 Å². The van der Waals surface area contributed by atoms with Gasteiger partial charge in [-0.25, -0.2) is 0 Å². The van der Waals surface area contributed by atoms with Gasteiger partial charge in [0, 0.05) is 5.56 Å². The highest BCUT2D eigenvalue weighted by Crippen LogP contribution is 2.32. The highest BCUT2D eigenvalue weighted by Gasteiger charge is 2.09. The summed E-state index contributed by atoms with van der Waals surface area (Å²) in [4.78, 5) is 0. The van der Waals surface area contributed by atoms with Crippen LogP contribution < -0.4 is 0 Å². The third-order valence-corrected chi connectivity index (χ3v) is 3.56. The van der Waals surface area contributed by atoms with Crippen LogP contribution in [0.25, 0.3) is 11.1 Å². The summed E-state index contributed by atoms with van der Waals surface area (Å²) in [7, 11) is 0. The van der Waals surface area contributed by atoms with Crippen LogP contribution in [0.3, 0.4) is 0 Å². The Bertz CT molecular complexity index is 526. The Morgan fingerprint density at radius 1 is 1.06 bits per heavy atom. The van der Waals surface area contributed by atoms with Gasteiger partial charge in [-0.05, 0) is 42.5 Å². The molecule has 0 amide bonds. The molecule has 0 saturated heterocycles. The second kappa shape index (κ2) is 5.26. The van der Waals surface area contributed by atoms with E-state index in [1.165, 1.54) is 11.1 Å². The van der Waals surface area contributed by atoms with Gasteiger partial charge in [0.25, 0.3) is 0 Å². The maximum absolute atomic E-state index is 10.0. The Balaban J connectivity index is 2.46. The first-order chi connectivity index (χ1) is 8.61. The van der Waals surface area contributed by atoms with Gasteiger partial charge < -0.3 is 5.11 Å². The molecule has 1 unspecified atom stereocenters. The predicted molar refractivity (Wildman–Crippen MR) is 77.0 cm³/mol. The summed E-state index contributed by atoms with van der Waals surface area (Å²) in [5.41, 5.74) is 4.51. The molecule has 0 saturated carbocycles. The molecule has 0 radical (unpaired) electrons. The molecule has 0 fully saturated rings. The maximum atomic E-state index is 10.0. The average molecular weight is 240 g/mol. The zero-order valence-corrected chi connectivity index (χ0v) is 11.3. The van der Waals surface area contributed by atoms with E-state index in [4.69, 9.17) is 0 Å². The predicted octanol–water partition coefficient (Wildman–Crippen LogP) is 4.88. The summed E-state index contributed by atoms with van der Waals surface area (Å²) in [6, 6.07) is 14.2. The van der Waals surface area contributed by atoms with Crippen LogP contribution in [-0.2, 0) is 0 Å². The SMILES string of the molecule is CCC(C)c1ccc(O)c(-c2ccc(C)cc2)c1. The number of hydrogen-bond acceptors (Lipinski definition) is 1. The van der Waals surface area contributed by atoms with Crippen LogP contribution in [0.1, 0.15) is 37.3 Å². The Morgan fingerprint density at radius 3 is 2.33 bits per heavy atom. The molecule has 0 aromatic heterocycles. The summed E-state index contributed by atoms with van der Waals surface area (Å²) in [6.07, 6.45) is 1.11. The molecule has 0 aliphatic rings. The molecule has 1 N–H and O–H groups in total. The van der Waals surface area contributed by atoms with Gasteiger partial charge in [-0.3, -0.25) is 0 Å². The third kappa shape index (κ3) is 2.56. The summed E-state index contributed by atoms with van der Waals surface area (Å²) in [5.74, 6) is 0.876. The first-order valence-corrected chi connectivity index (χ1v) is 6.51. The van der Waals surface area contributed by atoms with E-state index >= 15 is 0 Å². The van der Waals surface area contributed by atoms with Gasteiger partial charge in [0.05, 0.1) is 0 Å². The van der Waals surface area contributed by atoms with Crippen molar-refractivity contribution in [2.75, 3.05) is 0 Å². The van der Waals surface area contributed by atoms with Gasteiger partial charge in [-0.15, -0.1) is 0 Å². The second-order valence-electron chi connectivity index (χ2n) is 4.95. The van der Waals surface area contributed by atoms with Crippen LogP contribution in [0.15, 0.2) is 42.5 Å². The standard InChI is InChI=1S/C17H20O/c1-4-13(3)15-9-10-17(18)16(11-15)14-7-5-12(2)6-8-14/h5-11,13,18H,4H2,1-3H3. The molecule has 1 nitrogen and oxygen atoms in total. The van der Waals surface area contributed by atoms with Crippen molar-refractivity contribution in [2.24, 2.45) is 0 Å². The van der Waals surface area contributed by atoms with E-state index in [1.54, 1.807) is 6.07 Å². The van der Waals surface area contributed by atoms with Gasteiger partial charge in [0.15, 0.2) is 0 Å². The van der Waals surface area contributed by atoms with Crippen molar-refractivity contribution in [2.45, 2.75) is 33.1 Å². The van der Waals surface area contributed by atoms with Crippen molar-refractivity contribution < 1.29 is 5.11 Å². The second-order valence-corrected chi connectivity index (χ2v) is 4.95. The number of phenolic OH excluding ortho intramolecular Hbond substituents is 1. The number of aryl methyl sites for hydroxylation is 1. The van der Waals surface area contributed by atoms with Gasteiger partial charge in [-0.1, -0.05) is 49.7 Å². The number of benzene rings is 2.